The highest BCUT2D eigenvalue weighted by atomic mass is 32.2. The van der Waals surface area contributed by atoms with Crippen molar-refractivity contribution in [3.63, 3.8) is 0 Å². The molecule has 2 aromatic rings. The third kappa shape index (κ3) is 4.99. The zero-order valence-corrected chi connectivity index (χ0v) is 12.3. The summed E-state index contributed by atoms with van der Waals surface area (Å²) in [5.74, 6) is 0.172. The average Bonchev–Trinajstić information content (AvgIpc) is 2.80. The Kier molecular flexibility index (Phi) is 5.25. The van der Waals surface area contributed by atoms with Crippen LogP contribution in [0.2, 0.25) is 0 Å². The van der Waals surface area contributed by atoms with Crippen LogP contribution in [0.15, 0.2) is 22.7 Å². The molecule has 0 atom stereocenters. The van der Waals surface area contributed by atoms with Gasteiger partial charge in [0.25, 0.3) is 11.1 Å². The smallest absolute Gasteiger partial charge is 0.330 e. The Labute approximate surface area is 119 Å². The molecule has 20 heavy (non-hydrogen) atoms. The Balaban J connectivity index is 0.000000217. The van der Waals surface area contributed by atoms with Crippen molar-refractivity contribution in [2.75, 3.05) is 0 Å². The van der Waals surface area contributed by atoms with Crippen LogP contribution in [0.3, 0.4) is 0 Å². The van der Waals surface area contributed by atoms with E-state index < -0.39 is 15.3 Å². The van der Waals surface area contributed by atoms with Crippen molar-refractivity contribution < 1.29 is 17.8 Å². The first-order valence-corrected chi connectivity index (χ1v) is 7.52. The van der Waals surface area contributed by atoms with E-state index in [0.717, 1.165) is 0 Å². The topological polar surface area (TPSA) is 136 Å². The zero-order valence-electron chi connectivity index (χ0n) is 10.6. The Morgan fingerprint density at radius 1 is 1.25 bits per heavy atom. The number of carbonyl (C=O) groups is 1. The van der Waals surface area contributed by atoms with Gasteiger partial charge in [0, 0.05) is 0 Å². The molecule has 0 aliphatic carbocycles. The average molecular weight is 316 g/mol. The van der Waals surface area contributed by atoms with E-state index >= 15 is 0 Å². The van der Waals surface area contributed by atoms with Gasteiger partial charge in [0.05, 0.1) is 4.88 Å². The summed E-state index contributed by atoms with van der Waals surface area (Å²) in [6.45, 7) is 3.03. The van der Waals surface area contributed by atoms with E-state index in [4.69, 9.17) is 10.3 Å². The van der Waals surface area contributed by atoms with Crippen LogP contribution in [0, 0.1) is 13.8 Å². The van der Waals surface area contributed by atoms with Crippen molar-refractivity contribution in [3.05, 3.63) is 34.0 Å². The predicted octanol–water partition coefficient (Wildman–Crippen LogP) is 0.582. The monoisotopic (exact) mass is 316 g/mol. The lowest BCUT2D eigenvalue weighted by atomic mass is 10.5. The Bertz CT molecular complexity index is 678. The lowest BCUT2D eigenvalue weighted by Crippen LogP contribution is -2.08. The van der Waals surface area contributed by atoms with Gasteiger partial charge in [-0.2, -0.15) is 8.42 Å². The summed E-state index contributed by atoms with van der Waals surface area (Å²) in [7, 11) is -4.31. The van der Waals surface area contributed by atoms with Crippen LogP contribution in [0.25, 0.3) is 0 Å². The zero-order chi connectivity index (χ0) is 15.3. The molecule has 2 aromatic heterocycles. The molecule has 108 valence electrons. The number of nitrogens with zero attached hydrogens (tertiary/aromatic N) is 3. The van der Waals surface area contributed by atoms with Gasteiger partial charge in [-0.3, -0.25) is 9.35 Å². The minimum absolute atomic E-state index is 0.259. The number of aryl methyl sites for hydroxylation is 2. The van der Waals surface area contributed by atoms with Gasteiger partial charge in [0.15, 0.2) is 0 Å². The maximum Gasteiger partial charge on any atom is 0.330 e. The van der Waals surface area contributed by atoms with E-state index in [1.807, 2.05) is 5.38 Å². The molecule has 0 fully saturated rings. The Morgan fingerprint density at radius 2 is 1.80 bits per heavy atom. The van der Waals surface area contributed by atoms with E-state index in [1.54, 1.807) is 12.1 Å². The Hall–Kier alpha value is -1.91. The minimum Gasteiger partial charge on any atom is -0.365 e. The second-order valence-electron chi connectivity index (χ2n) is 3.53. The normalized spacial score (nSPS) is 10.6. The molecule has 0 spiro atoms. The van der Waals surface area contributed by atoms with Crippen molar-refractivity contribution in [1.82, 2.24) is 15.0 Å². The third-order valence-corrected chi connectivity index (χ3v) is 3.36. The third-order valence-electron chi connectivity index (χ3n) is 1.83. The van der Waals surface area contributed by atoms with Crippen LogP contribution in [0.4, 0.5) is 0 Å². The van der Waals surface area contributed by atoms with Gasteiger partial charge in [0.2, 0.25) is 0 Å². The molecule has 1 amide bonds. The summed E-state index contributed by atoms with van der Waals surface area (Å²) in [4.78, 5) is 21.6. The number of aromatic nitrogens is 3. The SMILES string of the molecule is Cc1nc(C)nc(S(=O)(=O)O)n1.NC(=O)c1cccs1. The van der Waals surface area contributed by atoms with Gasteiger partial charge in [-0.15, -0.1) is 11.3 Å². The van der Waals surface area contributed by atoms with Crippen molar-refractivity contribution >= 4 is 27.4 Å². The molecule has 2 heterocycles. The van der Waals surface area contributed by atoms with Crippen LogP contribution < -0.4 is 5.73 Å². The van der Waals surface area contributed by atoms with Gasteiger partial charge >= 0.3 is 10.1 Å². The molecule has 0 bridgehead atoms. The number of hydrogen-bond acceptors (Lipinski definition) is 7. The number of hydrogen-bond donors (Lipinski definition) is 2. The fourth-order valence-electron chi connectivity index (χ4n) is 1.12. The number of amides is 1. The summed E-state index contributed by atoms with van der Waals surface area (Å²) < 4.78 is 29.6. The summed E-state index contributed by atoms with van der Waals surface area (Å²) in [6.07, 6.45) is 0. The molecule has 0 aromatic carbocycles. The summed E-state index contributed by atoms with van der Waals surface area (Å²) in [5.41, 5.74) is 4.93. The van der Waals surface area contributed by atoms with Crippen LogP contribution in [0.1, 0.15) is 21.3 Å². The predicted molar refractivity (Wildman–Crippen MR) is 72.0 cm³/mol. The number of rotatable bonds is 2. The molecular weight excluding hydrogens is 304 g/mol. The van der Waals surface area contributed by atoms with E-state index in [1.165, 1.54) is 25.2 Å². The second kappa shape index (κ2) is 6.50. The molecule has 0 aliphatic heterocycles. The van der Waals surface area contributed by atoms with Crippen LogP contribution in [0.5, 0.6) is 0 Å². The number of thiophene rings is 1. The second-order valence-corrected chi connectivity index (χ2v) is 5.79. The van der Waals surface area contributed by atoms with E-state index in [-0.39, 0.29) is 17.6 Å². The highest BCUT2D eigenvalue weighted by Gasteiger charge is 2.14. The molecule has 10 heteroatoms. The van der Waals surface area contributed by atoms with Gasteiger partial charge in [0.1, 0.15) is 11.6 Å². The highest BCUT2D eigenvalue weighted by molar-refractivity contribution is 7.85. The first kappa shape index (κ1) is 16.1. The molecule has 3 N–H and O–H groups in total. The van der Waals surface area contributed by atoms with Crippen molar-refractivity contribution in [2.24, 2.45) is 5.73 Å². The molecule has 2 rings (SSSR count). The first-order chi connectivity index (χ1) is 9.20. The summed E-state index contributed by atoms with van der Waals surface area (Å²) >= 11 is 1.36. The summed E-state index contributed by atoms with van der Waals surface area (Å²) in [6, 6.07) is 3.50. The van der Waals surface area contributed by atoms with Gasteiger partial charge in [-0.25, -0.2) is 15.0 Å². The molecule has 0 radical (unpaired) electrons. The Morgan fingerprint density at radius 3 is 2.10 bits per heavy atom. The maximum atomic E-state index is 10.5. The van der Waals surface area contributed by atoms with Crippen molar-refractivity contribution in [1.29, 1.82) is 0 Å². The number of carbonyl (C=O) groups excluding carboxylic acids is 1. The minimum atomic E-state index is -4.31. The van der Waals surface area contributed by atoms with Gasteiger partial charge in [-0.1, -0.05) is 6.07 Å². The number of nitrogens with two attached hydrogens (primary N) is 1. The van der Waals surface area contributed by atoms with E-state index in [9.17, 15) is 13.2 Å². The first-order valence-electron chi connectivity index (χ1n) is 5.20. The van der Waals surface area contributed by atoms with E-state index in [0.29, 0.717) is 4.88 Å². The summed E-state index contributed by atoms with van der Waals surface area (Å²) in [5, 5.41) is 1.22. The van der Waals surface area contributed by atoms with Crippen LogP contribution >= 0.6 is 11.3 Å². The largest absolute Gasteiger partial charge is 0.365 e. The van der Waals surface area contributed by atoms with Crippen LogP contribution in [-0.4, -0.2) is 33.8 Å². The molecule has 8 nitrogen and oxygen atoms in total. The van der Waals surface area contributed by atoms with E-state index in [2.05, 4.69) is 15.0 Å². The molecule has 0 aliphatic rings. The fourth-order valence-corrected chi connectivity index (χ4v) is 2.19. The van der Waals surface area contributed by atoms with Gasteiger partial charge in [-0.05, 0) is 25.3 Å². The quantitative estimate of drug-likeness (QED) is 0.773. The number of primary amides is 1. The van der Waals surface area contributed by atoms with Crippen molar-refractivity contribution in [2.45, 2.75) is 19.0 Å². The molecule has 0 saturated heterocycles. The molecule has 0 unspecified atom stereocenters. The highest BCUT2D eigenvalue weighted by Crippen LogP contribution is 2.05. The maximum absolute atomic E-state index is 10.5. The lowest BCUT2D eigenvalue weighted by molar-refractivity contribution is 0.100. The standard InChI is InChI=1S/C5H7N3O3S.C5H5NOS/c1-3-6-4(2)8-5(7-3)12(9,10)11;6-5(7)4-2-1-3-8-4/h1-2H3,(H,9,10,11);1-3H,(H2,6,7). The fraction of sp³-hybridized carbons (Fsp3) is 0.200. The molecule has 0 saturated carbocycles. The van der Waals surface area contributed by atoms with Crippen molar-refractivity contribution in [3.8, 4) is 0 Å². The molecular formula is C10H12N4O4S2. The van der Waals surface area contributed by atoms with Gasteiger partial charge < -0.3 is 5.73 Å². The van der Waals surface area contributed by atoms with Crippen LogP contribution in [-0.2, 0) is 10.1 Å². The lowest BCUT2D eigenvalue weighted by Gasteiger charge is -1.97.